The molecule has 0 bridgehead atoms. The Kier molecular flexibility index (Phi) is 2.99. The molecular formula is C15H14ClN3. The summed E-state index contributed by atoms with van der Waals surface area (Å²) in [5, 5.41) is 6.13. The highest BCUT2D eigenvalue weighted by Crippen LogP contribution is 2.29. The van der Waals surface area contributed by atoms with Gasteiger partial charge in [-0.25, -0.2) is 9.67 Å². The maximum absolute atomic E-state index is 6.39. The van der Waals surface area contributed by atoms with Crippen LogP contribution in [0.25, 0.3) is 22.3 Å². The fourth-order valence-corrected chi connectivity index (χ4v) is 2.60. The summed E-state index contributed by atoms with van der Waals surface area (Å²) in [6, 6.07) is 12.0. The molecule has 3 rings (SSSR count). The van der Waals surface area contributed by atoms with Crippen LogP contribution in [0, 0.1) is 6.92 Å². The van der Waals surface area contributed by atoms with Gasteiger partial charge < -0.3 is 0 Å². The van der Waals surface area contributed by atoms with E-state index in [0.29, 0.717) is 5.02 Å². The molecule has 0 fully saturated rings. The van der Waals surface area contributed by atoms with Crippen molar-refractivity contribution in [3.63, 3.8) is 0 Å². The lowest BCUT2D eigenvalue weighted by molar-refractivity contribution is 0.670. The van der Waals surface area contributed by atoms with Crippen LogP contribution in [-0.4, -0.2) is 14.8 Å². The molecule has 0 spiro atoms. The highest BCUT2D eigenvalue weighted by molar-refractivity contribution is 6.35. The Morgan fingerprint density at radius 2 is 1.95 bits per heavy atom. The van der Waals surface area contributed by atoms with Gasteiger partial charge in [0.1, 0.15) is 0 Å². The summed E-state index contributed by atoms with van der Waals surface area (Å²) in [4.78, 5) is 4.71. The van der Waals surface area contributed by atoms with E-state index in [0.717, 1.165) is 34.5 Å². The standard InChI is InChI=1S/C15H14ClN3/c1-3-19-15-14(10(2)18-19)12(16)9-13(17-15)11-7-5-4-6-8-11/h4-9H,3H2,1-2H3. The lowest BCUT2D eigenvalue weighted by Crippen LogP contribution is -1.98. The quantitative estimate of drug-likeness (QED) is 0.703. The molecule has 0 saturated carbocycles. The number of rotatable bonds is 2. The Balaban J connectivity index is 2.30. The van der Waals surface area contributed by atoms with Crippen LogP contribution in [0.5, 0.6) is 0 Å². The summed E-state index contributed by atoms with van der Waals surface area (Å²) in [5.74, 6) is 0. The second kappa shape index (κ2) is 4.67. The van der Waals surface area contributed by atoms with E-state index in [1.54, 1.807) is 0 Å². The van der Waals surface area contributed by atoms with E-state index >= 15 is 0 Å². The SMILES string of the molecule is CCn1nc(C)c2c(Cl)cc(-c3ccccc3)nc21. The van der Waals surface area contributed by atoms with E-state index in [2.05, 4.69) is 12.0 Å². The van der Waals surface area contributed by atoms with Crippen LogP contribution < -0.4 is 0 Å². The summed E-state index contributed by atoms with van der Waals surface area (Å²) < 4.78 is 1.89. The van der Waals surface area contributed by atoms with Crippen LogP contribution >= 0.6 is 11.6 Å². The minimum Gasteiger partial charge on any atom is -0.247 e. The first-order valence-electron chi connectivity index (χ1n) is 6.29. The number of nitrogens with zero attached hydrogens (tertiary/aromatic N) is 3. The fourth-order valence-electron chi connectivity index (χ4n) is 2.28. The first-order valence-corrected chi connectivity index (χ1v) is 6.67. The largest absolute Gasteiger partial charge is 0.247 e. The van der Waals surface area contributed by atoms with Gasteiger partial charge in [0.05, 0.1) is 21.8 Å². The molecule has 1 aromatic carbocycles. The summed E-state index contributed by atoms with van der Waals surface area (Å²) in [6.45, 7) is 4.80. The van der Waals surface area contributed by atoms with E-state index in [1.165, 1.54) is 0 Å². The van der Waals surface area contributed by atoms with Gasteiger partial charge >= 0.3 is 0 Å². The van der Waals surface area contributed by atoms with Crippen molar-refractivity contribution in [2.45, 2.75) is 20.4 Å². The number of aryl methyl sites for hydroxylation is 2. The third-order valence-corrected chi connectivity index (χ3v) is 3.50. The first-order chi connectivity index (χ1) is 9.20. The fraction of sp³-hybridized carbons (Fsp3) is 0.200. The molecule has 2 aromatic heterocycles. The number of pyridine rings is 1. The molecule has 0 N–H and O–H groups in total. The van der Waals surface area contributed by atoms with Crippen molar-refractivity contribution in [3.8, 4) is 11.3 Å². The Hall–Kier alpha value is -1.87. The maximum atomic E-state index is 6.39. The van der Waals surface area contributed by atoms with Crippen LogP contribution in [0.3, 0.4) is 0 Å². The zero-order valence-electron chi connectivity index (χ0n) is 10.9. The molecule has 2 heterocycles. The van der Waals surface area contributed by atoms with Crippen molar-refractivity contribution in [2.24, 2.45) is 0 Å². The number of benzene rings is 1. The molecule has 0 aliphatic rings. The van der Waals surface area contributed by atoms with Crippen LogP contribution in [0.4, 0.5) is 0 Å². The number of aromatic nitrogens is 3. The predicted octanol–water partition coefficient (Wildman–Crippen LogP) is 4.08. The molecule has 0 saturated heterocycles. The van der Waals surface area contributed by atoms with Crippen molar-refractivity contribution in [1.82, 2.24) is 14.8 Å². The van der Waals surface area contributed by atoms with Crippen LogP contribution in [0.15, 0.2) is 36.4 Å². The van der Waals surface area contributed by atoms with E-state index in [4.69, 9.17) is 16.6 Å². The second-order valence-corrected chi connectivity index (χ2v) is 4.86. The molecule has 96 valence electrons. The van der Waals surface area contributed by atoms with Gasteiger partial charge in [-0.05, 0) is 19.9 Å². The van der Waals surface area contributed by atoms with E-state index < -0.39 is 0 Å². The average molecular weight is 272 g/mol. The lowest BCUT2D eigenvalue weighted by atomic mass is 10.1. The lowest BCUT2D eigenvalue weighted by Gasteiger charge is -2.04. The molecule has 0 amide bonds. The number of hydrogen-bond donors (Lipinski definition) is 0. The van der Waals surface area contributed by atoms with Gasteiger partial charge in [-0.1, -0.05) is 41.9 Å². The first kappa shape index (κ1) is 12.2. The van der Waals surface area contributed by atoms with Gasteiger partial charge in [0.25, 0.3) is 0 Å². The highest BCUT2D eigenvalue weighted by atomic mass is 35.5. The molecule has 4 heteroatoms. The molecule has 0 radical (unpaired) electrons. The molecule has 0 aliphatic carbocycles. The summed E-state index contributed by atoms with van der Waals surface area (Å²) >= 11 is 6.39. The molecule has 0 aliphatic heterocycles. The number of fused-ring (bicyclic) bond motifs is 1. The van der Waals surface area contributed by atoms with Crippen molar-refractivity contribution in [1.29, 1.82) is 0 Å². The van der Waals surface area contributed by atoms with Crippen molar-refractivity contribution in [2.75, 3.05) is 0 Å². The van der Waals surface area contributed by atoms with Crippen molar-refractivity contribution < 1.29 is 0 Å². The molecular weight excluding hydrogens is 258 g/mol. The van der Waals surface area contributed by atoms with Crippen LogP contribution in [-0.2, 0) is 6.54 Å². The Morgan fingerprint density at radius 1 is 1.21 bits per heavy atom. The average Bonchev–Trinajstić information content (AvgIpc) is 2.76. The van der Waals surface area contributed by atoms with Crippen molar-refractivity contribution in [3.05, 3.63) is 47.1 Å². The second-order valence-electron chi connectivity index (χ2n) is 4.46. The van der Waals surface area contributed by atoms with Gasteiger partial charge in [-0.3, -0.25) is 0 Å². The monoisotopic (exact) mass is 271 g/mol. The minimum absolute atomic E-state index is 0.709. The number of hydrogen-bond acceptors (Lipinski definition) is 2. The van der Waals surface area contributed by atoms with Gasteiger partial charge in [-0.15, -0.1) is 0 Å². The van der Waals surface area contributed by atoms with E-state index in [-0.39, 0.29) is 0 Å². The zero-order valence-corrected chi connectivity index (χ0v) is 11.6. The summed E-state index contributed by atoms with van der Waals surface area (Å²) in [6.07, 6.45) is 0. The van der Waals surface area contributed by atoms with Gasteiger partial charge in [-0.2, -0.15) is 5.10 Å². The zero-order chi connectivity index (χ0) is 13.4. The summed E-state index contributed by atoms with van der Waals surface area (Å²) in [7, 11) is 0. The topological polar surface area (TPSA) is 30.7 Å². The van der Waals surface area contributed by atoms with E-state index in [1.807, 2.05) is 48.0 Å². The van der Waals surface area contributed by atoms with Crippen LogP contribution in [0.1, 0.15) is 12.6 Å². The third kappa shape index (κ3) is 2.00. The third-order valence-electron chi connectivity index (χ3n) is 3.20. The predicted molar refractivity (Wildman–Crippen MR) is 78.4 cm³/mol. The molecule has 0 atom stereocenters. The van der Waals surface area contributed by atoms with Crippen LogP contribution in [0.2, 0.25) is 5.02 Å². The number of halogens is 1. The Labute approximate surface area is 116 Å². The molecule has 0 unspecified atom stereocenters. The Bertz CT molecular complexity index is 732. The minimum atomic E-state index is 0.709. The normalized spacial score (nSPS) is 11.1. The molecule has 19 heavy (non-hydrogen) atoms. The van der Waals surface area contributed by atoms with E-state index in [9.17, 15) is 0 Å². The smallest absolute Gasteiger partial charge is 0.160 e. The highest BCUT2D eigenvalue weighted by Gasteiger charge is 2.13. The van der Waals surface area contributed by atoms with Gasteiger partial charge in [0.15, 0.2) is 5.65 Å². The maximum Gasteiger partial charge on any atom is 0.160 e. The van der Waals surface area contributed by atoms with Gasteiger partial charge in [0.2, 0.25) is 0 Å². The van der Waals surface area contributed by atoms with Gasteiger partial charge in [0, 0.05) is 12.1 Å². The molecule has 3 nitrogen and oxygen atoms in total. The van der Waals surface area contributed by atoms with Crippen molar-refractivity contribution >= 4 is 22.6 Å². The summed E-state index contributed by atoms with van der Waals surface area (Å²) in [5.41, 5.74) is 3.72. The Morgan fingerprint density at radius 3 is 2.63 bits per heavy atom. The molecule has 3 aromatic rings.